The van der Waals surface area contributed by atoms with Gasteiger partial charge in [-0.05, 0) is 52.5 Å². The molecule has 3 saturated heterocycles. The molecule has 234 valence electrons. The van der Waals surface area contributed by atoms with Crippen molar-refractivity contribution in [3.63, 3.8) is 0 Å². The number of aliphatic hydroxyl groups is 1. The maximum Gasteiger partial charge on any atom is 0.237 e. The highest BCUT2D eigenvalue weighted by Gasteiger charge is 2.49. The molecule has 44 heavy (non-hydrogen) atoms. The molecule has 4 aliphatic rings. The first kappa shape index (κ1) is 29.3. The van der Waals surface area contributed by atoms with Crippen LogP contribution in [0.5, 0.6) is 5.88 Å². The second-order valence-electron chi connectivity index (χ2n) is 13.1. The highest BCUT2D eigenvalue weighted by atomic mass is 32.1. The van der Waals surface area contributed by atoms with E-state index in [0.29, 0.717) is 66.7 Å². The van der Waals surface area contributed by atoms with E-state index in [9.17, 15) is 14.8 Å². The van der Waals surface area contributed by atoms with Crippen molar-refractivity contribution in [1.82, 2.24) is 25.0 Å². The second kappa shape index (κ2) is 10.9. The van der Waals surface area contributed by atoms with Gasteiger partial charge in [-0.25, -0.2) is 9.37 Å². The number of ether oxygens (including phenoxy) is 2. The Morgan fingerprint density at radius 1 is 1.25 bits per heavy atom. The quantitative estimate of drug-likeness (QED) is 0.413. The molecule has 0 amide bonds. The largest absolute Gasteiger partial charge is 0.476 e. The van der Waals surface area contributed by atoms with Crippen LogP contribution in [0.4, 0.5) is 15.3 Å². The van der Waals surface area contributed by atoms with Gasteiger partial charge in [0.2, 0.25) is 23.5 Å². The third-order valence-electron chi connectivity index (χ3n) is 9.55. The van der Waals surface area contributed by atoms with Gasteiger partial charge in [0.25, 0.3) is 0 Å². The summed E-state index contributed by atoms with van der Waals surface area (Å²) >= 11 is 1.45. The van der Waals surface area contributed by atoms with E-state index in [0.717, 1.165) is 49.1 Å². The van der Waals surface area contributed by atoms with Gasteiger partial charge in [0, 0.05) is 36.0 Å². The first-order chi connectivity index (χ1) is 21.1. The number of halogens is 1. The van der Waals surface area contributed by atoms with Crippen LogP contribution < -0.4 is 15.4 Å². The van der Waals surface area contributed by atoms with Gasteiger partial charge in [-0.1, -0.05) is 5.16 Å². The van der Waals surface area contributed by atoms with Crippen molar-refractivity contribution in [1.29, 1.82) is 5.26 Å². The molecule has 3 fully saturated rings. The Morgan fingerprint density at radius 2 is 2.11 bits per heavy atom. The molecule has 3 aromatic rings. The van der Waals surface area contributed by atoms with Crippen molar-refractivity contribution in [2.75, 3.05) is 56.6 Å². The fraction of sp³-hybridized carbons (Fsp3) is 0.633. The fourth-order valence-corrected chi connectivity index (χ4v) is 8.63. The zero-order chi connectivity index (χ0) is 30.7. The first-order valence-electron chi connectivity index (χ1n) is 15.2. The third-order valence-corrected chi connectivity index (χ3v) is 10.6. The molecule has 4 atom stereocenters. The molecule has 3 aliphatic heterocycles. The lowest BCUT2D eigenvalue weighted by Gasteiger charge is -2.31. The van der Waals surface area contributed by atoms with Crippen molar-refractivity contribution in [3.05, 3.63) is 28.0 Å². The van der Waals surface area contributed by atoms with E-state index < -0.39 is 17.2 Å². The second-order valence-corrected chi connectivity index (χ2v) is 14.2. The number of anilines is 2. The number of fused-ring (bicyclic) bond motifs is 2. The number of nitriles is 1. The van der Waals surface area contributed by atoms with E-state index in [2.05, 4.69) is 16.1 Å². The van der Waals surface area contributed by atoms with E-state index in [1.165, 1.54) is 11.3 Å². The summed E-state index contributed by atoms with van der Waals surface area (Å²) in [4.78, 5) is 19.5. The summed E-state index contributed by atoms with van der Waals surface area (Å²) in [5, 5.41) is 25.6. The molecule has 3 N–H and O–H groups in total. The Hall–Kier alpha value is -3.38. The Bertz CT molecular complexity index is 1610. The minimum absolute atomic E-state index is 0.196. The number of nitrogens with two attached hydrogens (primary N) is 1. The van der Waals surface area contributed by atoms with Gasteiger partial charge >= 0.3 is 0 Å². The van der Waals surface area contributed by atoms with Gasteiger partial charge in [-0.3, -0.25) is 4.90 Å². The van der Waals surface area contributed by atoms with Crippen LogP contribution in [0.15, 0.2) is 10.6 Å². The summed E-state index contributed by atoms with van der Waals surface area (Å²) in [7, 11) is 0. The molecule has 14 heteroatoms. The third kappa shape index (κ3) is 5.09. The van der Waals surface area contributed by atoms with E-state index >= 15 is 0 Å². The minimum Gasteiger partial charge on any atom is -0.476 e. The van der Waals surface area contributed by atoms with Crippen LogP contribution in [0.3, 0.4) is 0 Å². The number of hydrogen-bond donors (Lipinski definition) is 2. The van der Waals surface area contributed by atoms with Crippen LogP contribution in [0.1, 0.15) is 67.8 Å². The summed E-state index contributed by atoms with van der Waals surface area (Å²) < 4.78 is 32.3. The molecule has 0 saturated carbocycles. The molecular weight excluding hydrogens is 587 g/mol. The van der Waals surface area contributed by atoms with Crippen LogP contribution in [0.2, 0.25) is 0 Å². The lowest BCUT2D eigenvalue weighted by Crippen LogP contribution is -2.43. The van der Waals surface area contributed by atoms with E-state index in [1.807, 2.05) is 11.8 Å². The highest BCUT2D eigenvalue weighted by molar-refractivity contribution is 7.16. The summed E-state index contributed by atoms with van der Waals surface area (Å²) in [6, 6.07) is 3.96. The predicted molar refractivity (Wildman–Crippen MR) is 160 cm³/mol. The average Bonchev–Trinajstić information content (AvgIpc) is 3.73. The van der Waals surface area contributed by atoms with Crippen molar-refractivity contribution < 1.29 is 23.5 Å². The Morgan fingerprint density at radius 3 is 2.95 bits per heavy atom. The van der Waals surface area contributed by atoms with E-state index in [-0.39, 0.29) is 24.5 Å². The lowest BCUT2D eigenvalue weighted by atomic mass is 9.72. The summed E-state index contributed by atoms with van der Waals surface area (Å²) in [6.45, 7) is 6.65. The maximum atomic E-state index is 14.4. The number of aryl methyl sites for hydroxylation is 1. The molecule has 7 rings (SSSR count). The van der Waals surface area contributed by atoms with Crippen LogP contribution in [0, 0.1) is 11.3 Å². The predicted octanol–water partition coefficient (Wildman–Crippen LogP) is 3.23. The molecule has 6 heterocycles. The van der Waals surface area contributed by atoms with E-state index in [1.54, 1.807) is 13.0 Å². The number of nitrogens with zero attached hydrogens (tertiary/aromatic N) is 7. The molecule has 12 nitrogen and oxygen atoms in total. The maximum absolute atomic E-state index is 14.4. The number of alkyl halides is 1. The molecule has 0 aromatic carbocycles. The smallest absolute Gasteiger partial charge is 0.237 e. The van der Waals surface area contributed by atoms with Gasteiger partial charge < -0.3 is 29.7 Å². The average molecular weight is 625 g/mol. The van der Waals surface area contributed by atoms with Gasteiger partial charge in [0.05, 0.1) is 36.3 Å². The highest BCUT2D eigenvalue weighted by Crippen LogP contribution is 2.48. The van der Waals surface area contributed by atoms with Crippen LogP contribution in [-0.2, 0) is 16.6 Å². The SMILES string of the molecule is C[C@]1(O)COCCN(c2nc(OC[C@@]34CCCN3C[C@H](F)C4)cc(-c3noc([C@@]4(C)CCCc5sc(N)c(C#N)c54)n3)n2)C1. The monoisotopic (exact) mass is 624 g/mol. The van der Waals surface area contributed by atoms with Crippen molar-refractivity contribution in [3.8, 4) is 23.5 Å². The molecule has 1 aliphatic carbocycles. The van der Waals surface area contributed by atoms with Gasteiger partial charge in [-0.15, -0.1) is 11.3 Å². The summed E-state index contributed by atoms with van der Waals surface area (Å²) in [6.07, 6.45) is 3.94. The molecule has 0 unspecified atom stereocenters. The normalized spacial score (nSPS) is 30.5. The van der Waals surface area contributed by atoms with Gasteiger partial charge in [0.15, 0.2) is 0 Å². The molecule has 0 bridgehead atoms. The van der Waals surface area contributed by atoms with Crippen molar-refractivity contribution in [2.45, 2.75) is 75.1 Å². The Balaban J connectivity index is 1.25. The summed E-state index contributed by atoms with van der Waals surface area (Å²) in [5.74, 6) is 1.30. The fourth-order valence-electron chi connectivity index (χ4n) is 7.43. The number of nitrogen functional groups attached to an aromatic ring is 1. The zero-order valence-electron chi connectivity index (χ0n) is 25.0. The number of hydrogen-bond acceptors (Lipinski definition) is 13. The van der Waals surface area contributed by atoms with E-state index in [4.69, 9.17) is 34.7 Å². The van der Waals surface area contributed by atoms with Crippen LogP contribution in [0.25, 0.3) is 11.5 Å². The number of thiophene rings is 1. The zero-order valence-corrected chi connectivity index (χ0v) is 25.8. The minimum atomic E-state index is -1.10. The number of aromatic nitrogens is 4. The lowest BCUT2D eigenvalue weighted by molar-refractivity contribution is -0.0123. The standard InChI is InChI=1S/C30H37FN8O4S/c1-28(40)15-38(9-10-41-16-28)27-34-20(11-22(35-27)42-17-30-7-4-8-39(30)14-18(31)12-30)25-36-26(43-37-25)29(2)6-3-5-21-23(29)19(13-32)24(33)44-21/h11,18,40H,3-10,12,14-17,33H2,1-2H3/t18-,28-,29+,30+/m1/s1. The molecule has 0 spiro atoms. The Kier molecular flexibility index (Phi) is 7.27. The van der Waals surface area contributed by atoms with Crippen LogP contribution >= 0.6 is 11.3 Å². The number of rotatable bonds is 6. The van der Waals surface area contributed by atoms with Gasteiger partial charge in [0.1, 0.15) is 35.1 Å². The first-order valence-corrected chi connectivity index (χ1v) is 16.0. The summed E-state index contributed by atoms with van der Waals surface area (Å²) in [5.41, 5.74) is 5.83. The van der Waals surface area contributed by atoms with Crippen molar-refractivity contribution in [2.24, 2.45) is 0 Å². The van der Waals surface area contributed by atoms with Gasteiger partial charge in [-0.2, -0.15) is 15.2 Å². The molecule has 3 aromatic heterocycles. The molecule has 0 radical (unpaired) electrons. The number of β-amino-alcohol motifs (C(OH)–C–C–N with tert-alkyl or cyclic N) is 1. The molecular formula is C30H37FN8O4S. The van der Waals surface area contributed by atoms with Crippen LogP contribution in [-0.4, -0.2) is 93.4 Å². The van der Waals surface area contributed by atoms with Crippen molar-refractivity contribution >= 4 is 22.3 Å². The topological polar surface area (TPSA) is 160 Å². The Labute approximate surface area is 259 Å².